The van der Waals surface area contributed by atoms with Gasteiger partial charge in [0, 0.05) is 25.4 Å². The lowest BCUT2D eigenvalue weighted by Gasteiger charge is -2.32. The van der Waals surface area contributed by atoms with Crippen LogP contribution in [0.3, 0.4) is 0 Å². The largest absolute Gasteiger partial charge is 0.275 e. The second kappa shape index (κ2) is 6.53. The normalized spacial score (nSPS) is 14.3. The van der Waals surface area contributed by atoms with Crippen LogP contribution in [0.5, 0.6) is 0 Å². The molecule has 0 radical (unpaired) electrons. The molecule has 1 aromatic heterocycles. The number of benzene rings is 2. The molecule has 0 saturated carbocycles. The third-order valence-electron chi connectivity index (χ3n) is 5.25. The van der Waals surface area contributed by atoms with Gasteiger partial charge in [-0.25, -0.2) is 8.42 Å². The van der Waals surface area contributed by atoms with Gasteiger partial charge in [-0.05, 0) is 55.0 Å². The Morgan fingerprint density at radius 2 is 1.85 bits per heavy atom. The van der Waals surface area contributed by atoms with E-state index in [1.54, 1.807) is 21.3 Å². The highest BCUT2D eigenvalue weighted by Crippen LogP contribution is 2.37. The van der Waals surface area contributed by atoms with Crippen LogP contribution in [0.15, 0.2) is 53.7 Å². The minimum Gasteiger partial charge on any atom is -0.275 e. The number of rotatable bonds is 3. The molecule has 2 heterocycles. The fraction of sp³-hybridized carbons (Fsp3) is 0.286. The smallest absolute Gasteiger partial charge is 0.264 e. The monoisotopic (exact) mass is 381 g/mol. The third kappa shape index (κ3) is 2.94. The predicted molar refractivity (Wildman–Crippen MR) is 107 cm³/mol. The highest BCUT2D eigenvalue weighted by atomic mass is 32.2. The lowest BCUT2D eigenvalue weighted by molar-refractivity contribution is 0.586. The molecule has 0 unspecified atom stereocenters. The Morgan fingerprint density at radius 3 is 2.59 bits per heavy atom. The van der Waals surface area contributed by atoms with Gasteiger partial charge in [0.15, 0.2) is 0 Å². The molecule has 140 valence electrons. The van der Waals surface area contributed by atoms with Gasteiger partial charge in [0.05, 0.1) is 16.8 Å². The summed E-state index contributed by atoms with van der Waals surface area (Å²) in [5.74, 6) is 0. The summed E-state index contributed by atoms with van der Waals surface area (Å²) in [7, 11) is -1.79. The van der Waals surface area contributed by atoms with Crippen molar-refractivity contribution in [2.45, 2.75) is 31.6 Å². The molecule has 6 heteroatoms. The molecule has 0 N–H and O–H groups in total. The summed E-state index contributed by atoms with van der Waals surface area (Å²) >= 11 is 0. The van der Waals surface area contributed by atoms with Crippen LogP contribution < -0.4 is 4.31 Å². The van der Waals surface area contributed by atoms with Crippen LogP contribution in [-0.4, -0.2) is 24.7 Å². The van der Waals surface area contributed by atoms with E-state index in [0.29, 0.717) is 11.4 Å². The quantitative estimate of drug-likeness (QED) is 0.692. The zero-order valence-electron chi connectivity index (χ0n) is 15.8. The molecule has 4 rings (SSSR count). The molecule has 1 aliphatic rings. The summed E-state index contributed by atoms with van der Waals surface area (Å²) in [6.45, 7) is 4.36. The standard InChI is InChI=1S/C21H23N3O2S/c1-15-7-4-8-17-9-6-12-24(21(15)17)27(25,26)20-11-5-10-19(16(20)2)18-13-22-23(3)14-18/h4-5,7-8,10-11,13-14H,6,9,12H2,1-3H3. The maximum atomic E-state index is 13.6. The van der Waals surface area contributed by atoms with E-state index in [1.165, 1.54) is 0 Å². The van der Waals surface area contributed by atoms with E-state index in [2.05, 4.69) is 5.10 Å². The van der Waals surface area contributed by atoms with Crippen LogP contribution >= 0.6 is 0 Å². The van der Waals surface area contributed by atoms with E-state index >= 15 is 0 Å². The number of fused-ring (bicyclic) bond motifs is 1. The van der Waals surface area contributed by atoms with E-state index in [-0.39, 0.29) is 0 Å². The number of hydrogen-bond acceptors (Lipinski definition) is 3. The van der Waals surface area contributed by atoms with Crippen molar-refractivity contribution < 1.29 is 8.42 Å². The molecule has 0 spiro atoms. The number of hydrogen-bond donors (Lipinski definition) is 0. The molecule has 5 nitrogen and oxygen atoms in total. The maximum Gasteiger partial charge on any atom is 0.264 e. The second-order valence-electron chi connectivity index (χ2n) is 7.09. The van der Waals surface area contributed by atoms with Crippen LogP contribution in [0.2, 0.25) is 0 Å². The first-order valence-electron chi connectivity index (χ1n) is 9.09. The van der Waals surface area contributed by atoms with Crippen molar-refractivity contribution >= 4 is 15.7 Å². The highest BCUT2D eigenvalue weighted by Gasteiger charge is 2.31. The van der Waals surface area contributed by atoms with Crippen molar-refractivity contribution in [2.24, 2.45) is 7.05 Å². The van der Waals surface area contributed by atoms with Crippen molar-refractivity contribution in [1.82, 2.24) is 9.78 Å². The summed E-state index contributed by atoms with van der Waals surface area (Å²) in [6.07, 6.45) is 5.41. The average Bonchev–Trinajstić information content (AvgIpc) is 3.07. The molecule has 1 aliphatic heterocycles. The first kappa shape index (κ1) is 17.8. The van der Waals surface area contributed by atoms with Crippen LogP contribution in [0.25, 0.3) is 11.1 Å². The molecule has 2 aromatic carbocycles. The van der Waals surface area contributed by atoms with Crippen LogP contribution in [0.4, 0.5) is 5.69 Å². The molecule has 0 aliphatic carbocycles. The molecule has 3 aromatic rings. The molecule has 0 atom stereocenters. The third-order valence-corrected chi connectivity index (χ3v) is 7.19. The number of nitrogens with zero attached hydrogens (tertiary/aromatic N) is 3. The summed E-state index contributed by atoms with van der Waals surface area (Å²) in [4.78, 5) is 0.361. The molecule has 27 heavy (non-hydrogen) atoms. The number of para-hydroxylation sites is 1. The van der Waals surface area contributed by atoms with Gasteiger partial charge in [0.2, 0.25) is 0 Å². The maximum absolute atomic E-state index is 13.6. The Balaban J connectivity index is 1.86. The number of anilines is 1. The van der Waals surface area contributed by atoms with Gasteiger partial charge in [-0.15, -0.1) is 0 Å². The van der Waals surface area contributed by atoms with Crippen molar-refractivity contribution in [1.29, 1.82) is 0 Å². The molecule has 0 bridgehead atoms. The Kier molecular flexibility index (Phi) is 4.30. The fourth-order valence-corrected chi connectivity index (χ4v) is 5.79. The van der Waals surface area contributed by atoms with Gasteiger partial charge in [0.25, 0.3) is 10.0 Å². The Hall–Kier alpha value is -2.60. The van der Waals surface area contributed by atoms with E-state index in [0.717, 1.165) is 46.3 Å². The zero-order chi connectivity index (χ0) is 19.2. The van der Waals surface area contributed by atoms with Crippen LogP contribution in [0, 0.1) is 13.8 Å². The molecule has 0 fully saturated rings. The topological polar surface area (TPSA) is 55.2 Å². The van der Waals surface area contributed by atoms with Crippen LogP contribution in [0.1, 0.15) is 23.1 Å². The van der Waals surface area contributed by atoms with Crippen molar-refractivity contribution in [3.8, 4) is 11.1 Å². The summed E-state index contributed by atoms with van der Waals surface area (Å²) < 4.78 is 30.5. The fourth-order valence-electron chi connectivity index (χ4n) is 3.93. The molecular weight excluding hydrogens is 358 g/mol. The van der Waals surface area contributed by atoms with Gasteiger partial charge in [-0.2, -0.15) is 5.10 Å². The summed E-state index contributed by atoms with van der Waals surface area (Å²) in [6, 6.07) is 11.5. The minimum absolute atomic E-state index is 0.361. The zero-order valence-corrected chi connectivity index (χ0v) is 16.6. The van der Waals surface area contributed by atoms with Crippen LogP contribution in [-0.2, 0) is 23.5 Å². The van der Waals surface area contributed by atoms with E-state index in [4.69, 9.17) is 0 Å². The molecular formula is C21H23N3O2S. The number of aryl methyl sites for hydroxylation is 3. The van der Waals surface area contributed by atoms with Crippen molar-refractivity contribution in [2.75, 3.05) is 10.8 Å². The summed E-state index contributed by atoms with van der Waals surface area (Å²) in [5.41, 5.74) is 5.51. The molecule has 0 saturated heterocycles. The van der Waals surface area contributed by atoms with Gasteiger partial charge >= 0.3 is 0 Å². The van der Waals surface area contributed by atoms with Crippen molar-refractivity contribution in [3.05, 3.63) is 65.5 Å². The lowest BCUT2D eigenvalue weighted by Crippen LogP contribution is -2.36. The minimum atomic E-state index is -3.65. The van der Waals surface area contributed by atoms with Gasteiger partial charge in [-0.1, -0.05) is 30.3 Å². The number of sulfonamides is 1. The first-order chi connectivity index (χ1) is 12.9. The van der Waals surface area contributed by atoms with Gasteiger partial charge < -0.3 is 0 Å². The van der Waals surface area contributed by atoms with Crippen molar-refractivity contribution in [3.63, 3.8) is 0 Å². The Morgan fingerprint density at radius 1 is 1.07 bits per heavy atom. The van der Waals surface area contributed by atoms with E-state index in [9.17, 15) is 8.42 Å². The SMILES string of the molecule is Cc1cccc2c1N(S(=O)(=O)c1cccc(-c3cnn(C)c3)c1C)CCC2. The van der Waals surface area contributed by atoms with E-state index < -0.39 is 10.0 Å². The van der Waals surface area contributed by atoms with E-state index in [1.807, 2.05) is 57.4 Å². The van der Waals surface area contributed by atoms with Gasteiger partial charge in [-0.3, -0.25) is 8.99 Å². The molecule has 0 amide bonds. The Labute approximate surface area is 160 Å². The lowest BCUT2D eigenvalue weighted by atomic mass is 10.0. The second-order valence-corrected chi connectivity index (χ2v) is 8.93. The van der Waals surface area contributed by atoms with Gasteiger partial charge in [0.1, 0.15) is 0 Å². The highest BCUT2D eigenvalue weighted by molar-refractivity contribution is 7.93. The first-order valence-corrected chi connectivity index (χ1v) is 10.5. The average molecular weight is 382 g/mol. The summed E-state index contributed by atoms with van der Waals surface area (Å²) in [5, 5.41) is 4.21. The predicted octanol–water partition coefficient (Wildman–Crippen LogP) is 3.85. The Bertz CT molecular complexity index is 1120. The number of aromatic nitrogens is 2.